The van der Waals surface area contributed by atoms with Gasteiger partial charge in [0.2, 0.25) is 10.0 Å². The number of ether oxygens (including phenoxy) is 1. The van der Waals surface area contributed by atoms with Gasteiger partial charge in [0.05, 0.1) is 7.11 Å². The molecule has 112 valence electrons. The lowest BCUT2D eigenvalue weighted by atomic mass is 10.2. The molecule has 0 bridgehead atoms. The van der Waals surface area contributed by atoms with Crippen molar-refractivity contribution in [2.75, 3.05) is 12.8 Å². The number of methoxy groups -OCH3 is 1. The average molecular weight is 371 g/mol. The van der Waals surface area contributed by atoms with Crippen molar-refractivity contribution in [2.45, 2.75) is 11.4 Å². The van der Waals surface area contributed by atoms with Crippen molar-refractivity contribution in [3.8, 4) is 5.75 Å². The number of sulfonamides is 1. The van der Waals surface area contributed by atoms with Crippen LogP contribution in [0.25, 0.3) is 0 Å². The molecule has 7 heteroatoms. The van der Waals surface area contributed by atoms with Crippen LogP contribution in [0, 0.1) is 0 Å². The van der Waals surface area contributed by atoms with E-state index in [9.17, 15) is 8.42 Å². The maximum Gasteiger partial charge on any atom is 0.244 e. The molecule has 0 heterocycles. The van der Waals surface area contributed by atoms with Crippen LogP contribution in [0.15, 0.2) is 51.8 Å². The molecular formula is C14H15BrN2O3S. The van der Waals surface area contributed by atoms with E-state index < -0.39 is 10.0 Å². The summed E-state index contributed by atoms with van der Waals surface area (Å²) < 4.78 is 33.2. The molecule has 0 aliphatic heterocycles. The SMILES string of the molecule is COc1ccc(N)cc1S(=O)(=O)NCc1cccc(Br)c1. The zero-order valence-corrected chi connectivity index (χ0v) is 13.7. The van der Waals surface area contributed by atoms with E-state index in [1.807, 2.05) is 24.3 Å². The van der Waals surface area contributed by atoms with Crippen LogP contribution in [0.1, 0.15) is 5.56 Å². The van der Waals surface area contributed by atoms with Gasteiger partial charge in [0.25, 0.3) is 0 Å². The van der Waals surface area contributed by atoms with Crippen LogP contribution >= 0.6 is 15.9 Å². The van der Waals surface area contributed by atoms with Crippen LogP contribution < -0.4 is 15.2 Å². The second-order valence-corrected chi connectivity index (χ2v) is 7.02. The van der Waals surface area contributed by atoms with Crippen LogP contribution in [0.3, 0.4) is 0 Å². The van der Waals surface area contributed by atoms with Gasteiger partial charge in [-0.25, -0.2) is 13.1 Å². The van der Waals surface area contributed by atoms with Crippen molar-refractivity contribution < 1.29 is 13.2 Å². The molecule has 2 aromatic carbocycles. The molecule has 0 unspecified atom stereocenters. The molecule has 0 amide bonds. The standard InChI is InChI=1S/C14H15BrN2O3S/c1-20-13-6-5-12(16)8-14(13)21(18,19)17-9-10-3-2-4-11(15)7-10/h2-8,17H,9,16H2,1H3. The topological polar surface area (TPSA) is 81.4 Å². The second-order valence-electron chi connectivity index (χ2n) is 4.36. The lowest BCUT2D eigenvalue weighted by Crippen LogP contribution is -2.23. The van der Waals surface area contributed by atoms with E-state index in [0.717, 1.165) is 10.0 Å². The van der Waals surface area contributed by atoms with Crippen molar-refractivity contribution in [1.29, 1.82) is 0 Å². The van der Waals surface area contributed by atoms with Gasteiger partial charge in [-0.1, -0.05) is 28.1 Å². The highest BCUT2D eigenvalue weighted by molar-refractivity contribution is 9.10. The number of nitrogens with two attached hydrogens (primary N) is 1. The lowest BCUT2D eigenvalue weighted by Gasteiger charge is -2.11. The lowest BCUT2D eigenvalue weighted by molar-refractivity contribution is 0.402. The molecule has 0 saturated carbocycles. The molecular weight excluding hydrogens is 356 g/mol. The van der Waals surface area contributed by atoms with Crippen LogP contribution in [-0.4, -0.2) is 15.5 Å². The monoisotopic (exact) mass is 370 g/mol. The second kappa shape index (κ2) is 6.46. The largest absolute Gasteiger partial charge is 0.495 e. The number of benzene rings is 2. The summed E-state index contributed by atoms with van der Waals surface area (Å²) in [6.07, 6.45) is 0. The predicted octanol–water partition coefficient (Wildman–Crippen LogP) is 2.52. The highest BCUT2D eigenvalue weighted by Crippen LogP contribution is 2.26. The summed E-state index contributed by atoms with van der Waals surface area (Å²) in [7, 11) is -2.29. The summed E-state index contributed by atoms with van der Waals surface area (Å²) in [5, 5.41) is 0. The molecule has 0 fully saturated rings. The van der Waals surface area contributed by atoms with Crippen molar-refractivity contribution in [2.24, 2.45) is 0 Å². The smallest absolute Gasteiger partial charge is 0.244 e. The predicted molar refractivity (Wildman–Crippen MR) is 85.6 cm³/mol. The first kappa shape index (κ1) is 15.8. The Bertz CT molecular complexity index is 748. The van der Waals surface area contributed by atoms with E-state index in [0.29, 0.717) is 5.69 Å². The van der Waals surface area contributed by atoms with E-state index in [2.05, 4.69) is 20.7 Å². The highest BCUT2D eigenvalue weighted by Gasteiger charge is 2.19. The van der Waals surface area contributed by atoms with E-state index >= 15 is 0 Å². The molecule has 0 aliphatic carbocycles. The molecule has 2 rings (SSSR count). The van der Waals surface area contributed by atoms with Gasteiger partial charge >= 0.3 is 0 Å². The van der Waals surface area contributed by atoms with Gasteiger partial charge in [-0.3, -0.25) is 0 Å². The Balaban J connectivity index is 2.24. The minimum atomic E-state index is -3.71. The zero-order chi connectivity index (χ0) is 15.5. The van der Waals surface area contributed by atoms with Crippen molar-refractivity contribution in [3.63, 3.8) is 0 Å². The molecule has 3 N–H and O–H groups in total. The van der Waals surface area contributed by atoms with Gasteiger partial charge in [0, 0.05) is 16.7 Å². The first-order valence-electron chi connectivity index (χ1n) is 6.10. The first-order valence-corrected chi connectivity index (χ1v) is 8.37. The van der Waals surface area contributed by atoms with Gasteiger partial charge < -0.3 is 10.5 Å². The summed E-state index contributed by atoms with van der Waals surface area (Å²) in [6, 6.07) is 11.9. The Morgan fingerprint density at radius 2 is 2.00 bits per heavy atom. The van der Waals surface area contributed by atoms with Crippen molar-refractivity contribution in [3.05, 3.63) is 52.5 Å². The Labute approximate surface area is 132 Å². The maximum atomic E-state index is 12.4. The van der Waals surface area contributed by atoms with E-state index in [-0.39, 0.29) is 17.2 Å². The van der Waals surface area contributed by atoms with Crippen molar-refractivity contribution >= 4 is 31.6 Å². The Morgan fingerprint density at radius 1 is 1.24 bits per heavy atom. The third kappa shape index (κ3) is 3.96. The molecule has 21 heavy (non-hydrogen) atoms. The minimum Gasteiger partial charge on any atom is -0.495 e. The molecule has 0 spiro atoms. The summed E-state index contributed by atoms with van der Waals surface area (Å²) in [5.74, 6) is 0.256. The van der Waals surface area contributed by atoms with Crippen LogP contribution in [0.2, 0.25) is 0 Å². The van der Waals surface area contributed by atoms with E-state index in [1.54, 1.807) is 6.07 Å². The average Bonchev–Trinajstić information content (AvgIpc) is 2.45. The van der Waals surface area contributed by atoms with Crippen LogP contribution in [0.5, 0.6) is 5.75 Å². The van der Waals surface area contributed by atoms with E-state index in [4.69, 9.17) is 10.5 Å². The van der Waals surface area contributed by atoms with Gasteiger partial charge in [-0.05, 0) is 35.9 Å². The highest BCUT2D eigenvalue weighted by atomic mass is 79.9. The Hall–Kier alpha value is -1.57. The maximum absolute atomic E-state index is 12.4. The number of hydrogen-bond acceptors (Lipinski definition) is 4. The Morgan fingerprint density at radius 3 is 2.67 bits per heavy atom. The Kier molecular flexibility index (Phi) is 4.87. The quantitative estimate of drug-likeness (QED) is 0.792. The molecule has 5 nitrogen and oxygen atoms in total. The van der Waals surface area contributed by atoms with Crippen LogP contribution in [-0.2, 0) is 16.6 Å². The first-order chi connectivity index (χ1) is 9.92. The summed E-state index contributed by atoms with van der Waals surface area (Å²) in [4.78, 5) is 0.0278. The van der Waals surface area contributed by atoms with Crippen molar-refractivity contribution in [1.82, 2.24) is 4.72 Å². The molecule has 0 radical (unpaired) electrons. The number of nitrogens with one attached hydrogen (secondary N) is 1. The van der Waals surface area contributed by atoms with Gasteiger partial charge in [0.1, 0.15) is 10.6 Å². The number of halogens is 1. The normalized spacial score (nSPS) is 11.3. The number of rotatable bonds is 5. The fraction of sp³-hybridized carbons (Fsp3) is 0.143. The number of hydrogen-bond donors (Lipinski definition) is 2. The third-order valence-electron chi connectivity index (χ3n) is 2.83. The number of nitrogen functional groups attached to an aromatic ring is 1. The van der Waals surface area contributed by atoms with Gasteiger partial charge in [0.15, 0.2) is 0 Å². The zero-order valence-electron chi connectivity index (χ0n) is 11.3. The summed E-state index contributed by atoms with van der Waals surface area (Å²) in [5.41, 5.74) is 6.86. The number of anilines is 1. The molecule has 0 aromatic heterocycles. The summed E-state index contributed by atoms with van der Waals surface area (Å²) >= 11 is 3.35. The van der Waals surface area contributed by atoms with Gasteiger partial charge in [-0.2, -0.15) is 0 Å². The minimum absolute atomic E-state index is 0.0278. The molecule has 0 saturated heterocycles. The van der Waals surface area contributed by atoms with E-state index in [1.165, 1.54) is 19.2 Å². The summed E-state index contributed by atoms with van der Waals surface area (Å²) in [6.45, 7) is 0.180. The third-order valence-corrected chi connectivity index (χ3v) is 4.75. The fourth-order valence-corrected chi connectivity index (χ4v) is 3.47. The molecule has 0 aliphatic rings. The fourth-order valence-electron chi connectivity index (χ4n) is 1.81. The molecule has 0 atom stereocenters. The van der Waals surface area contributed by atoms with Crippen LogP contribution in [0.4, 0.5) is 5.69 Å². The molecule has 2 aromatic rings. The van der Waals surface area contributed by atoms with Gasteiger partial charge in [-0.15, -0.1) is 0 Å².